The van der Waals surface area contributed by atoms with E-state index < -0.39 is 12.0 Å². The monoisotopic (exact) mass is 327 g/mol. The molecule has 2 heterocycles. The van der Waals surface area contributed by atoms with Crippen LogP contribution in [0.4, 0.5) is 0 Å². The molecule has 4 rings (SSSR count). The molecule has 7 nitrogen and oxygen atoms in total. The molecule has 1 aromatic carbocycles. The molecule has 1 saturated carbocycles. The minimum absolute atomic E-state index is 0.405. The van der Waals surface area contributed by atoms with Gasteiger partial charge in [0.05, 0.1) is 0 Å². The van der Waals surface area contributed by atoms with Gasteiger partial charge in [0.15, 0.2) is 0 Å². The van der Waals surface area contributed by atoms with Crippen LogP contribution < -0.4 is 5.32 Å². The quantitative estimate of drug-likeness (QED) is 0.794. The number of hydrogen-bond acceptors (Lipinski definition) is 5. The van der Waals surface area contributed by atoms with Gasteiger partial charge in [-0.25, -0.2) is 0 Å². The first-order valence-electron chi connectivity index (χ1n) is 8.51. The van der Waals surface area contributed by atoms with Crippen LogP contribution in [0.2, 0.25) is 0 Å². The molecule has 4 atom stereocenters. The van der Waals surface area contributed by atoms with E-state index in [0.29, 0.717) is 23.6 Å². The molecule has 24 heavy (non-hydrogen) atoms. The van der Waals surface area contributed by atoms with Gasteiger partial charge in [-0.2, -0.15) is 5.21 Å². The Kier molecular flexibility index (Phi) is 4.02. The number of piperidine rings is 1. The van der Waals surface area contributed by atoms with Crippen molar-refractivity contribution in [2.45, 2.75) is 37.6 Å². The Hall–Kier alpha value is -2.28. The van der Waals surface area contributed by atoms with Gasteiger partial charge in [0.25, 0.3) is 0 Å². The fourth-order valence-electron chi connectivity index (χ4n) is 4.37. The van der Waals surface area contributed by atoms with Crippen molar-refractivity contribution in [1.82, 2.24) is 25.9 Å². The second-order valence-electron chi connectivity index (χ2n) is 6.89. The molecule has 3 N–H and O–H groups in total. The molecule has 0 radical (unpaired) electrons. The van der Waals surface area contributed by atoms with E-state index in [2.05, 4.69) is 32.0 Å². The van der Waals surface area contributed by atoms with Crippen LogP contribution in [0.3, 0.4) is 0 Å². The molecule has 0 spiro atoms. The Balaban J connectivity index is 1.57. The first kappa shape index (κ1) is 15.3. The standard InChI is InChI=1S/C17H21N5O2/c23-17(24)15-8-12-7-10(5-6-11(12)9-18-15)13-3-1-2-4-14(13)16-19-21-22-20-16/h1-4,10-12,15,18H,5-9H2,(H,23,24)(H,19,20,21,22)/t10-,11-,12+,15-/m0/s1. The third kappa shape index (κ3) is 2.80. The number of nitrogens with zero attached hydrogens (tertiary/aromatic N) is 3. The van der Waals surface area contributed by atoms with Crippen LogP contribution in [0.1, 0.15) is 37.2 Å². The molecular formula is C17H21N5O2. The first-order valence-corrected chi connectivity index (χ1v) is 8.51. The molecule has 1 aliphatic heterocycles. The van der Waals surface area contributed by atoms with Crippen molar-refractivity contribution in [1.29, 1.82) is 0 Å². The molecule has 2 fully saturated rings. The van der Waals surface area contributed by atoms with Crippen LogP contribution in [0.15, 0.2) is 24.3 Å². The van der Waals surface area contributed by atoms with Crippen LogP contribution >= 0.6 is 0 Å². The zero-order chi connectivity index (χ0) is 16.5. The van der Waals surface area contributed by atoms with Crippen molar-refractivity contribution in [2.75, 3.05) is 6.54 Å². The lowest BCUT2D eigenvalue weighted by Gasteiger charge is -2.42. The molecule has 126 valence electrons. The molecule has 1 aliphatic carbocycles. The topological polar surface area (TPSA) is 104 Å². The van der Waals surface area contributed by atoms with E-state index in [9.17, 15) is 9.90 Å². The number of carbonyl (C=O) groups is 1. The second-order valence-corrected chi connectivity index (χ2v) is 6.89. The summed E-state index contributed by atoms with van der Waals surface area (Å²) >= 11 is 0. The second kappa shape index (κ2) is 6.32. The maximum absolute atomic E-state index is 11.3. The van der Waals surface area contributed by atoms with E-state index in [4.69, 9.17) is 0 Å². The van der Waals surface area contributed by atoms with Crippen LogP contribution in [0.25, 0.3) is 11.4 Å². The number of carboxylic acids is 1. The number of aliphatic carboxylic acids is 1. The smallest absolute Gasteiger partial charge is 0.320 e. The van der Waals surface area contributed by atoms with E-state index >= 15 is 0 Å². The average Bonchev–Trinajstić information content (AvgIpc) is 3.15. The minimum atomic E-state index is -0.734. The third-order valence-corrected chi connectivity index (χ3v) is 5.59. The van der Waals surface area contributed by atoms with Crippen molar-refractivity contribution >= 4 is 5.97 Å². The first-order chi connectivity index (χ1) is 11.7. The molecule has 1 aromatic heterocycles. The zero-order valence-corrected chi connectivity index (χ0v) is 13.4. The summed E-state index contributed by atoms with van der Waals surface area (Å²) in [4.78, 5) is 11.3. The molecule has 0 bridgehead atoms. The minimum Gasteiger partial charge on any atom is -0.480 e. The number of carboxylic acid groups (broad SMARTS) is 1. The summed E-state index contributed by atoms with van der Waals surface area (Å²) in [7, 11) is 0. The summed E-state index contributed by atoms with van der Waals surface area (Å²) in [5.74, 6) is 1.37. The van der Waals surface area contributed by atoms with Crippen molar-refractivity contribution in [2.24, 2.45) is 11.8 Å². The number of rotatable bonds is 3. The number of nitrogens with one attached hydrogen (secondary N) is 2. The normalized spacial score (nSPS) is 29.8. The summed E-state index contributed by atoms with van der Waals surface area (Å²) in [6.07, 6.45) is 4.01. The van der Waals surface area contributed by atoms with Crippen LogP contribution in [-0.2, 0) is 4.79 Å². The van der Waals surface area contributed by atoms with Crippen molar-refractivity contribution < 1.29 is 9.90 Å². The number of tetrazole rings is 1. The largest absolute Gasteiger partial charge is 0.480 e. The SMILES string of the molecule is O=C(O)[C@@H]1C[C@H]2C[C@@H](c3ccccc3-c3nn[nH]n3)CC[C@H]2CN1. The number of hydrogen-bond donors (Lipinski definition) is 3. The van der Waals surface area contributed by atoms with E-state index in [-0.39, 0.29) is 0 Å². The highest BCUT2D eigenvalue weighted by Gasteiger charge is 2.38. The highest BCUT2D eigenvalue weighted by Crippen LogP contribution is 2.44. The van der Waals surface area contributed by atoms with Gasteiger partial charge in [0.1, 0.15) is 6.04 Å². The van der Waals surface area contributed by atoms with Crippen LogP contribution in [0.5, 0.6) is 0 Å². The Labute approximate surface area is 139 Å². The molecule has 2 aliphatic rings. The predicted molar refractivity (Wildman–Crippen MR) is 87.2 cm³/mol. The Bertz CT molecular complexity index is 718. The van der Waals surface area contributed by atoms with Gasteiger partial charge in [-0.1, -0.05) is 24.3 Å². The maximum atomic E-state index is 11.3. The summed E-state index contributed by atoms with van der Waals surface area (Å²) in [6.45, 7) is 0.820. The van der Waals surface area contributed by atoms with E-state index in [1.807, 2.05) is 18.2 Å². The third-order valence-electron chi connectivity index (χ3n) is 5.59. The highest BCUT2D eigenvalue weighted by molar-refractivity contribution is 5.73. The predicted octanol–water partition coefficient (Wildman–Crippen LogP) is 1.81. The van der Waals surface area contributed by atoms with Gasteiger partial charge in [0, 0.05) is 5.56 Å². The van der Waals surface area contributed by atoms with Crippen LogP contribution in [0, 0.1) is 11.8 Å². The fourth-order valence-corrected chi connectivity index (χ4v) is 4.37. The Morgan fingerprint density at radius 3 is 2.83 bits per heavy atom. The molecule has 0 unspecified atom stereocenters. The number of fused-ring (bicyclic) bond motifs is 1. The van der Waals surface area contributed by atoms with Gasteiger partial charge in [-0.3, -0.25) is 4.79 Å². The lowest BCUT2D eigenvalue weighted by Crippen LogP contribution is -2.49. The summed E-state index contributed by atoms with van der Waals surface area (Å²) < 4.78 is 0. The van der Waals surface area contributed by atoms with Gasteiger partial charge in [0.2, 0.25) is 5.82 Å². The summed E-state index contributed by atoms with van der Waals surface area (Å²) in [5, 5.41) is 26.9. The Morgan fingerprint density at radius 1 is 1.17 bits per heavy atom. The maximum Gasteiger partial charge on any atom is 0.320 e. The van der Waals surface area contributed by atoms with Gasteiger partial charge in [-0.15, -0.1) is 10.2 Å². The molecular weight excluding hydrogens is 306 g/mol. The lowest BCUT2D eigenvalue weighted by atomic mass is 9.67. The Morgan fingerprint density at radius 2 is 2.04 bits per heavy atom. The zero-order valence-electron chi connectivity index (χ0n) is 13.4. The fraction of sp³-hybridized carbons (Fsp3) is 0.529. The molecule has 0 amide bonds. The number of aromatic nitrogens is 4. The number of benzene rings is 1. The van der Waals surface area contributed by atoms with E-state index in [0.717, 1.165) is 37.8 Å². The van der Waals surface area contributed by atoms with Gasteiger partial charge >= 0.3 is 5.97 Å². The van der Waals surface area contributed by atoms with E-state index in [1.54, 1.807) is 0 Å². The summed E-state index contributed by atoms with van der Waals surface area (Å²) in [5.41, 5.74) is 2.28. The molecule has 2 aromatic rings. The van der Waals surface area contributed by atoms with Crippen molar-refractivity contribution in [3.63, 3.8) is 0 Å². The molecule has 1 saturated heterocycles. The van der Waals surface area contributed by atoms with Crippen molar-refractivity contribution in [3.05, 3.63) is 29.8 Å². The average molecular weight is 327 g/mol. The van der Waals surface area contributed by atoms with Gasteiger partial charge < -0.3 is 10.4 Å². The van der Waals surface area contributed by atoms with Crippen LogP contribution in [-0.4, -0.2) is 44.3 Å². The molecule has 7 heteroatoms. The highest BCUT2D eigenvalue weighted by atomic mass is 16.4. The van der Waals surface area contributed by atoms with Gasteiger partial charge in [-0.05, 0) is 60.8 Å². The lowest BCUT2D eigenvalue weighted by molar-refractivity contribution is -0.141. The summed E-state index contributed by atoms with van der Waals surface area (Å²) in [6, 6.07) is 7.82. The van der Waals surface area contributed by atoms with E-state index in [1.165, 1.54) is 5.56 Å². The number of H-pyrrole nitrogens is 1. The number of aromatic amines is 1. The van der Waals surface area contributed by atoms with Crippen molar-refractivity contribution in [3.8, 4) is 11.4 Å².